The number of rotatable bonds is 5. The predicted octanol–water partition coefficient (Wildman–Crippen LogP) is 3.43. The van der Waals surface area contributed by atoms with Crippen LogP contribution < -0.4 is 5.43 Å². The maximum atomic E-state index is 4.77. The molecule has 5 heteroatoms. The summed E-state index contributed by atoms with van der Waals surface area (Å²) in [6, 6.07) is 0. The van der Waals surface area contributed by atoms with E-state index in [2.05, 4.69) is 50.3 Å². The van der Waals surface area contributed by atoms with E-state index in [-0.39, 0.29) is 0 Å². The third-order valence-electron chi connectivity index (χ3n) is 4.50. The van der Waals surface area contributed by atoms with Crippen molar-refractivity contribution in [3.63, 3.8) is 0 Å². The van der Waals surface area contributed by atoms with E-state index in [4.69, 9.17) is 10.1 Å². The van der Waals surface area contributed by atoms with Crippen molar-refractivity contribution in [3.05, 3.63) is 23.4 Å². The lowest BCUT2D eigenvalue weighted by Crippen LogP contribution is -2.36. The maximum absolute atomic E-state index is 4.77. The summed E-state index contributed by atoms with van der Waals surface area (Å²) in [5, 5.41) is 6.60. The summed E-state index contributed by atoms with van der Waals surface area (Å²) in [6.45, 7) is 8.72. The van der Waals surface area contributed by atoms with Gasteiger partial charge in [-0.2, -0.15) is 0 Å². The molecule has 24 heavy (non-hydrogen) atoms. The first kappa shape index (κ1) is 18.7. The monoisotopic (exact) mass is 331 g/mol. The molecule has 0 saturated carbocycles. The molecule has 0 radical (unpaired) electrons. The van der Waals surface area contributed by atoms with Crippen molar-refractivity contribution in [2.24, 2.45) is 21.9 Å². The number of hydrogen-bond acceptors (Lipinski definition) is 4. The highest BCUT2D eigenvalue weighted by atomic mass is 15.7. The highest BCUT2D eigenvalue weighted by Gasteiger charge is 2.22. The van der Waals surface area contributed by atoms with Crippen LogP contribution in [0.2, 0.25) is 0 Å². The largest absolute Gasteiger partial charge is 0.306 e. The van der Waals surface area contributed by atoms with Gasteiger partial charge in [-0.1, -0.05) is 25.5 Å². The van der Waals surface area contributed by atoms with Crippen LogP contribution in [0.1, 0.15) is 46.5 Å². The van der Waals surface area contributed by atoms with Crippen LogP contribution in [0.25, 0.3) is 0 Å². The van der Waals surface area contributed by atoms with Crippen molar-refractivity contribution in [3.8, 4) is 0 Å². The first-order chi connectivity index (χ1) is 11.4. The minimum absolute atomic E-state index is 0.439. The molecule has 1 heterocycles. The minimum atomic E-state index is 0.439. The molecular weight excluding hydrogens is 298 g/mol. The fourth-order valence-corrected chi connectivity index (χ4v) is 2.93. The number of piperidine rings is 1. The Balaban J connectivity index is 2.05. The van der Waals surface area contributed by atoms with E-state index in [1.807, 2.05) is 18.4 Å². The summed E-state index contributed by atoms with van der Waals surface area (Å²) >= 11 is 0. The van der Waals surface area contributed by atoms with Gasteiger partial charge in [-0.25, -0.2) is 10.1 Å². The van der Waals surface area contributed by atoms with Crippen LogP contribution in [0.3, 0.4) is 0 Å². The van der Waals surface area contributed by atoms with Crippen molar-refractivity contribution in [2.45, 2.75) is 46.5 Å². The van der Waals surface area contributed by atoms with Crippen LogP contribution in [0.5, 0.6) is 0 Å². The Morgan fingerprint density at radius 2 is 2.00 bits per heavy atom. The van der Waals surface area contributed by atoms with E-state index in [1.54, 1.807) is 0 Å². The molecule has 0 bridgehead atoms. The highest BCUT2D eigenvalue weighted by molar-refractivity contribution is 5.91. The quantitative estimate of drug-likeness (QED) is 0.477. The van der Waals surface area contributed by atoms with Crippen LogP contribution in [0, 0.1) is 11.8 Å². The van der Waals surface area contributed by atoms with Crippen LogP contribution in [-0.4, -0.2) is 49.3 Å². The first-order valence-electron chi connectivity index (χ1n) is 9.12. The van der Waals surface area contributed by atoms with Gasteiger partial charge in [0.05, 0.1) is 0 Å². The second-order valence-corrected chi connectivity index (χ2v) is 7.40. The zero-order valence-electron chi connectivity index (χ0n) is 15.9. The third-order valence-corrected chi connectivity index (χ3v) is 4.50. The summed E-state index contributed by atoms with van der Waals surface area (Å²) in [6.07, 6.45) is 10.8. The molecule has 1 aliphatic carbocycles. The Morgan fingerprint density at radius 1 is 1.29 bits per heavy atom. The molecule has 134 valence electrons. The molecule has 2 rings (SSSR count). The average Bonchev–Trinajstić information content (AvgIpc) is 2.54. The summed E-state index contributed by atoms with van der Waals surface area (Å²) in [4.78, 5) is 7.09. The topological polar surface area (TPSA) is 43.2 Å². The lowest BCUT2D eigenvalue weighted by molar-refractivity contribution is 0.242. The average molecular weight is 332 g/mol. The van der Waals surface area contributed by atoms with E-state index in [9.17, 15) is 0 Å². The number of nitrogens with one attached hydrogen (secondary N) is 1. The van der Waals surface area contributed by atoms with Gasteiger partial charge >= 0.3 is 0 Å². The van der Waals surface area contributed by atoms with Crippen molar-refractivity contribution >= 4 is 12.1 Å². The standard InChI is InChI=1S/C19H33N5/c1-15(2)14-20-19(17-10-12-23(4)13-11-17)22-24(5)21-18-8-6-16(3)7-9-18/h6,8,14-15,17,21H,7,9-13H2,1-5H3/b20-14?,22-19-. The lowest BCUT2D eigenvalue weighted by atomic mass is 9.96. The molecule has 0 aromatic heterocycles. The molecule has 0 unspecified atom stereocenters. The number of aliphatic imine (C=N–C) groups is 1. The van der Waals surface area contributed by atoms with Gasteiger partial charge in [-0.05, 0) is 64.7 Å². The van der Waals surface area contributed by atoms with E-state index in [1.165, 1.54) is 11.3 Å². The molecule has 1 N–H and O–H groups in total. The molecular formula is C19H33N5. The zero-order chi connectivity index (χ0) is 17.5. The maximum Gasteiger partial charge on any atom is 0.153 e. The Hall–Kier alpha value is -1.62. The Kier molecular flexibility index (Phi) is 7.03. The SMILES string of the molecule is CC1=CC=C(NN(C)/N=C(\N=CC(C)C)C2CCN(C)CC2)CC1. The normalized spacial score (nSPS) is 21.2. The molecule has 0 aromatic carbocycles. The number of amidine groups is 1. The number of nitrogens with zero attached hydrogens (tertiary/aromatic N) is 4. The molecule has 5 nitrogen and oxygen atoms in total. The van der Waals surface area contributed by atoms with Crippen molar-refractivity contribution in [1.82, 2.24) is 15.4 Å². The fourth-order valence-electron chi connectivity index (χ4n) is 2.93. The van der Waals surface area contributed by atoms with Crippen LogP contribution in [0.15, 0.2) is 33.5 Å². The molecule has 0 amide bonds. The molecule has 1 aliphatic heterocycles. The summed E-state index contributed by atoms with van der Waals surface area (Å²) < 4.78 is 0. The number of likely N-dealkylation sites (tertiary alicyclic amines) is 1. The predicted molar refractivity (Wildman–Crippen MR) is 103 cm³/mol. The fraction of sp³-hybridized carbons (Fsp3) is 0.684. The van der Waals surface area contributed by atoms with Crippen LogP contribution in [-0.2, 0) is 0 Å². The Labute approximate surface area is 147 Å². The molecule has 1 saturated heterocycles. The lowest BCUT2D eigenvalue weighted by Gasteiger charge is -2.29. The van der Waals surface area contributed by atoms with E-state index in [0.717, 1.165) is 44.6 Å². The molecule has 2 aliphatic rings. The second kappa shape index (κ2) is 9.02. The van der Waals surface area contributed by atoms with Gasteiger partial charge in [0, 0.05) is 24.9 Å². The van der Waals surface area contributed by atoms with Gasteiger partial charge in [-0.15, -0.1) is 5.10 Å². The van der Waals surface area contributed by atoms with Crippen LogP contribution in [0.4, 0.5) is 0 Å². The zero-order valence-corrected chi connectivity index (χ0v) is 15.9. The van der Waals surface area contributed by atoms with Gasteiger partial charge in [0.2, 0.25) is 0 Å². The van der Waals surface area contributed by atoms with Gasteiger partial charge in [0.15, 0.2) is 5.84 Å². The number of allylic oxidation sites excluding steroid dienone is 4. The van der Waals surface area contributed by atoms with E-state index in [0.29, 0.717) is 11.8 Å². The van der Waals surface area contributed by atoms with Gasteiger partial charge in [0.25, 0.3) is 0 Å². The summed E-state index contributed by atoms with van der Waals surface area (Å²) in [5.74, 6) is 1.84. The first-order valence-corrected chi connectivity index (χ1v) is 9.12. The number of hydrogen-bond donors (Lipinski definition) is 1. The van der Waals surface area contributed by atoms with Gasteiger partial charge < -0.3 is 4.90 Å². The Morgan fingerprint density at radius 3 is 2.58 bits per heavy atom. The number of hydrazine groups is 1. The summed E-state index contributed by atoms with van der Waals surface area (Å²) in [7, 11) is 4.15. The van der Waals surface area contributed by atoms with E-state index < -0.39 is 0 Å². The van der Waals surface area contributed by atoms with E-state index >= 15 is 0 Å². The van der Waals surface area contributed by atoms with Gasteiger partial charge in [-0.3, -0.25) is 5.43 Å². The van der Waals surface area contributed by atoms with Crippen molar-refractivity contribution < 1.29 is 0 Å². The molecule has 1 fully saturated rings. The number of hydrazone groups is 1. The molecule has 0 aromatic rings. The molecule has 0 spiro atoms. The summed E-state index contributed by atoms with van der Waals surface area (Å²) in [5.41, 5.74) is 6.02. The third kappa shape index (κ3) is 6.11. The molecule has 0 atom stereocenters. The smallest absolute Gasteiger partial charge is 0.153 e. The minimum Gasteiger partial charge on any atom is -0.306 e. The van der Waals surface area contributed by atoms with Crippen molar-refractivity contribution in [2.75, 3.05) is 27.2 Å². The van der Waals surface area contributed by atoms with Crippen LogP contribution >= 0.6 is 0 Å². The second-order valence-electron chi connectivity index (χ2n) is 7.40. The highest BCUT2D eigenvalue weighted by Crippen LogP contribution is 2.20. The van der Waals surface area contributed by atoms with Crippen molar-refractivity contribution in [1.29, 1.82) is 0 Å². The Bertz CT molecular complexity index is 522. The van der Waals surface area contributed by atoms with Gasteiger partial charge in [0.1, 0.15) is 0 Å².